The maximum absolute atomic E-state index is 13.7. The SMILES string of the molecule is CCOc1cc(C2C3=C(CC(C)(C)CC3=O)NC3=C2C(=O)CC(C)(C)C3)cc(I)c1OS(=O)(=O)c1ccc(Cl)cc1. The molecule has 0 bridgehead atoms. The first-order valence-electron chi connectivity index (χ1n) is 13.6. The van der Waals surface area contributed by atoms with Crippen molar-refractivity contribution in [3.63, 3.8) is 0 Å². The van der Waals surface area contributed by atoms with Gasteiger partial charge in [-0.2, -0.15) is 8.42 Å². The van der Waals surface area contributed by atoms with Gasteiger partial charge in [0.05, 0.1) is 10.2 Å². The molecule has 1 N–H and O–H groups in total. The fourth-order valence-electron chi connectivity index (χ4n) is 6.08. The number of hydrogen-bond donors (Lipinski definition) is 1. The van der Waals surface area contributed by atoms with Gasteiger partial charge in [-0.3, -0.25) is 9.59 Å². The quantitative estimate of drug-likeness (QED) is 0.253. The Labute approximate surface area is 260 Å². The van der Waals surface area contributed by atoms with Gasteiger partial charge in [-0.05, 0) is 95.1 Å². The van der Waals surface area contributed by atoms with Crippen LogP contribution < -0.4 is 14.2 Å². The molecule has 5 rings (SSSR count). The Morgan fingerprint density at radius 1 is 0.927 bits per heavy atom. The van der Waals surface area contributed by atoms with Gasteiger partial charge < -0.3 is 14.2 Å². The maximum atomic E-state index is 13.7. The molecule has 0 radical (unpaired) electrons. The molecule has 218 valence electrons. The number of benzene rings is 2. The van der Waals surface area contributed by atoms with E-state index in [2.05, 4.69) is 33.0 Å². The summed E-state index contributed by atoms with van der Waals surface area (Å²) in [4.78, 5) is 27.3. The average Bonchev–Trinajstić information content (AvgIpc) is 2.83. The molecule has 0 saturated carbocycles. The Balaban J connectivity index is 1.65. The summed E-state index contributed by atoms with van der Waals surface area (Å²) in [5, 5.41) is 3.93. The molecule has 1 aliphatic heterocycles. The van der Waals surface area contributed by atoms with Gasteiger partial charge in [0.1, 0.15) is 4.90 Å². The monoisotopic (exact) mass is 709 g/mol. The van der Waals surface area contributed by atoms with Gasteiger partial charge in [0.15, 0.2) is 23.1 Å². The molecule has 3 aliphatic rings. The normalized spacial score (nSPS) is 20.4. The van der Waals surface area contributed by atoms with E-state index in [0.29, 0.717) is 51.0 Å². The molecule has 10 heteroatoms. The molecule has 2 aliphatic carbocycles. The Hall–Kier alpha value is -2.37. The first kappa shape index (κ1) is 30.1. The second kappa shape index (κ2) is 10.7. The summed E-state index contributed by atoms with van der Waals surface area (Å²) in [6.07, 6.45) is 2.13. The molecule has 0 saturated heterocycles. The predicted octanol–water partition coefficient (Wildman–Crippen LogP) is 7.08. The van der Waals surface area contributed by atoms with Crippen molar-refractivity contribution >= 4 is 55.9 Å². The Bertz CT molecular complexity index is 1570. The van der Waals surface area contributed by atoms with Crippen LogP contribution in [0.1, 0.15) is 71.8 Å². The molecule has 0 unspecified atom stereocenters. The highest BCUT2D eigenvalue weighted by molar-refractivity contribution is 14.1. The van der Waals surface area contributed by atoms with Crippen LogP contribution in [-0.4, -0.2) is 26.6 Å². The summed E-state index contributed by atoms with van der Waals surface area (Å²) in [6, 6.07) is 9.22. The van der Waals surface area contributed by atoms with Crippen LogP contribution in [0.15, 0.2) is 63.8 Å². The maximum Gasteiger partial charge on any atom is 0.339 e. The van der Waals surface area contributed by atoms with Gasteiger partial charge in [-0.15, -0.1) is 0 Å². The topological polar surface area (TPSA) is 98.8 Å². The number of Topliss-reactive ketones (excluding diaryl/α,β-unsaturated/α-hetero) is 2. The van der Waals surface area contributed by atoms with Crippen LogP contribution in [-0.2, 0) is 19.7 Å². The minimum absolute atomic E-state index is 0.0107. The van der Waals surface area contributed by atoms with E-state index in [1.54, 1.807) is 19.1 Å². The van der Waals surface area contributed by atoms with Crippen molar-refractivity contribution in [1.82, 2.24) is 5.32 Å². The Morgan fingerprint density at radius 3 is 1.98 bits per heavy atom. The number of carbonyl (C=O) groups excluding carboxylic acids is 2. The van der Waals surface area contributed by atoms with Gasteiger partial charge in [0.2, 0.25) is 0 Å². The van der Waals surface area contributed by atoms with Crippen molar-refractivity contribution in [3.05, 3.63) is 73.1 Å². The molecule has 7 nitrogen and oxygen atoms in total. The van der Waals surface area contributed by atoms with Crippen LogP contribution in [0.25, 0.3) is 0 Å². The zero-order valence-electron chi connectivity index (χ0n) is 23.7. The van der Waals surface area contributed by atoms with Crippen molar-refractivity contribution < 1.29 is 26.9 Å². The van der Waals surface area contributed by atoms with E-state index in [1.807, 2.05) is 22.6 Å². The number of nitrogens with one attached hydrogen (secondary N) is 1. The van der Waals surface area contributed by atoms with Gasteiger partial charge in [-0.1, -0.05) is 39.3 Å². The van der Waals surface area contributed by atoms with Crippen molar-refractivity contribution in [2.24, 2.45) is 10.8 Å². The molecule has 1 heterocycles. The van der Waals surface area contributed by atoms with E-state index >= 15 is 0 Å². The minimum atomic E-state index is -4.19. The number of rotatable bonds is 6. The standard InChI is InChI=1S/C31H33ClINO6S/c1-6-39-25-12-17(11-20(33)29(25)40-41(37,38)19-9-7-18(32)8-10-19)26-27-21(13-30(2,3)15-23(27)35)34-22-14-31(4,5)16-24(36)28(22)26/h7-12,26,34H,6,13-16H2,1-5H3. The summed E-state index contributed by atoms with van der Waals surface area (Å²) in [7, 11) is -4.19. The molecule has 0 atom stereocenters. The molecule has 0 spiro atoms. The number of allylic oxidation sites excluding steroid dienone is 4. The largest absolute Gasteiger partial charge is 0.490 e. The molecule has 0 amide bonds. The number of hydrogen-bond acceptors (Lipinski definition) is 7. The summed E-state index contributed by atoms with van der Waals surface area (Å²) in [6.45, 7) is 10.4. The Kier molecular flexibility index (Phi) is 7.87. The number of dihydropyridines is 1. The zero-order chi connectivity index (χ0) is 29.9. The predicted molar refractivity (Wildman–Crippen MR) is 166 cm³/mol. The lowest BCUT2D eigenvalue weighted by Gasteiger charge is -2.44. The minimum Gasteiger partial charge on any atom is -0.490 e. The van der Waals surface area contributed by atoms with Gasteiger partial charge in [0.25, 0.3) is 0 Å². The van der Waals surface area contributed by atoms with Crippen LogP contribution in [0.4, 0.5) is 0 Å². The highest BCUT2D eigenvalue weighted by atomic mass is 127. The lowest BCUT2D eigenvalue weighted by molar-refractivity contribution is -0.119. The van der Waals surface area contributed by atoms with E-state index in [0.717, 1.165) is 11.4 Å². The van der Waals surface area contributed by atoms with Gasteiger partial charge in [-0.25, -0.2) is 0 Å². The summed E-state index contributed by atoms with van der Waals surface area (Å²) < 4.78 is 38.3. The molecule has 2 aromatic rings. The van der Waals surface area contributed by atoms with E-state index in [-0.39, 0.29) is 45.4 Å². The van der Waals surface area contributed by atoms with Crippen LogP contribution in [0.2, 0.25) is 5.02 Å². The smallest absolute Gasteiger partial charge is 0.339 e. The second-order valence-electron chi connectivity index (χ2n) is 12.5. The summed E-state index contributed by atoms with van der Waals surface area (Å²) in [5.41, 5.74) is 3.21. The van der Waals surface area contributed by atoms with Gasteiger partial charge in [0, 0.05) is 46.3 Å². The summed E-state index contributed by atoms with van der Waals surface area (Å²) >= 11 is 7.96. The molecular weight excluding hydrogens is 677 g/mol. The van der Waals surface area contributed by atoms with E-state index in [1.165, 1.54) is 24.3 Å². The number of ether oxygens (including phenoxy) is 1. The van der Waals surface area contributed by atoms with Crippen LogP contribution >= 0.6 is 34.2 Å². The third-order valence-electron chi connectivity index (χ3n) is 7.68. The van der Waals surface area contributed by atoms with Crippen LogP contribution in [0.5, 0.6) is 11.5 Å². The fraction of sp³-hybridized carbons (Fsp3) is 0.419. The Morgan fingerprint density at radius 2 is 1.46 bits per heavy atom. The number of ketones is 2. The van der Waals surface area contributed by atoms with Crippen molar-refractivity contribution in [2.75, 3.05) is 6.61 Å². The van der Waals surface area contributed by atoms with Crippen LogP contribution in [0.3, 0.4) is 0 Å². The van der Waals surface area contributed by atoms with Crippen LogP contribution in [0, 0.1) is 14.4 Å². The molecule has 41 heavy (non-hydrogen) atoms. The lowest BCUT2D eigenvalue weighted by atomic mass is 9.64. The van der Waals surface area contributed by atoms with Crippen molar-refractivity contribution in [2.45, 2.75) is 71.1 Å². The number of carbonyl (C=O) groups is 2. The molecule has 0 fully saturated rings. The highest BCUT2D eigenvalue weighted by Gasteiger charge is 2.46. The van der Waals surface area contributed by atoms with E-state index in [4.69, 9.17) is 20.5 Å². The van der Waals surface area contributed by atoms with E-state index < -0.39 is 16.0 Å². The molecular formula is C31H33ClINO6S. The van der Waals surface area contributed by atoms with Crippen molar-refractivity contribution in [1.29, 1.82) is 0 Å². The second-order valence-corrected chi connectivity index (χ2v) is 15.6. The molecule has 2 aromatic carbocycles. The third-order valence-corrected chi connectivity index (χ3v) is 9.97. The fourth-order valence-corrected chi connectivity index (χ4v) is 8.05. The van der Waals surface area contributed by atoms with E-state index in [9.17, 15) is 18.0 Å². The number of halogens is 2. The first-order chi connectivity index (χ1) is 19.1. The summed E-state index contributed by atoms with van der Waals surface area (Å²) in [5.74, 6) is -0.283. The average molecular weight is 710 g/mol. The van der Waals surface area contributed by atoms with Gasteiger partial charge >= 0.3 is 10.1 Å². The highest BCUT2D eigenvalue weighted by Crippen LogP contribution is 2.52. The first-order valence-corrected chi connectivity index (χ1v) is 16.4. The van der Waals surface area contributed by atoms with Crippen molar-refractivity contribution in [3.8, 4) is 11.5 Å². The third kappa shape index (κ3) is 5.95. The lowest BCUT2D eigenvalue weighted by Crippen LogP contribution is -2.42. The zero-order valence-corrected chi connectivity index (χ0v) is 27.4. The molecule has 0 aromatic heterocycles.